The Labute approximate surface area is 57.7 Å². The molecule has 0 aromatic carbocycles. The van der Waals surface area contributed by atoms with Gasteiger partial charge < -0.3 is 0 Å². The highest BCUT2D eigenvalue weighted by molar-refractivity contribution is 4.98. The molecule has 0 radical (unpaired) electrons. The Balaban J connectivity index is 2.39. The van der Waals surface area contributed by atoms with Crippen LogP contribution < -0.4 is 0 Å². The van der Waals surface area contributed by atoms with Crippen molar-refractivity contribution in [3.05, 3.63) is 0 Å². The van der Waals surface area contributed by atoms with Crippen molar-refractivity contribution in [3.8, 4) is 12.3 Å². The SMILES string of the molecule is C#CCC1(CC)CCC1. The lowest BCUT2D eigenvalue weighted by Gasteiger charge is -2.39. The van der Waals surface area contributed by atoms with Gasteiger partial charge in [0.2, 0.25) is 0 Å². The Bertz CT molecular complexity index is 118. The Morgan fingerprint density at radius 1 is 1.56 bits per heavy atom. The van der Waals surface area contributed by atoms with Gasteiger partial charge in [-0.15, -0.1) is 12.3 Å². The fraction of sp³-hybridized carbons (Fsp3) is 0.778. The Morgan fingerprint density at radius 2 is 2.22 bits per heavy atom. The molecule has 0 heteroatoms. The van der Waals surface area contributed by atoms with Crippen LogP contribution in [0.1, 0.15) is 39.0 Å². The van der Waals surface area contributed by atoms with Gasteiger partial charge in [0.15, 0.2) is 0 Å². The molecular weight excluding hydrogens is 108 g/mol. The van der Waals surface area contributed by atoms with Crippen LogP contribution in [0.2, 0.25) is 0 Å². The summed E-state index contributed by atoms with van der Waals surface area (Å²) in [7, 11) is 0. The zero-order chi connectivity index (χ0) is 6.74. The first-order chi connectivity index (χ1) is 4.33. The van der Waals surface area contributed by atoms with Gasteiger partial charge in [-0.2, -0.15) is 0 Å². The van der Waals surface area contributed by atoms with Crippen LogP contribution in [0.15, 0.2) is 0 Å². The highest BCUT2D eigenvalue weighted by Crippen LogP contribution is 2.46. The van der Waals surface area contributed by atoms with Gasteiger partial charge in [0, 0.05) is 6.42 Å². The van der Waals surface area contributed by atoms with Gasteiger partial charge in [-0.25, -0.2) is 0 Å². The first kappa shape index (κ1) is 6.68. The minimum absolute atomic E-state index is 0.578. The summed E-state index contributed by atoms with van der Waals surface area (Å²) in [6.45, 7) is 2.25. The molecular formula is C9H14. The Hall–Kier alpha value is -0.440. The molecule has 0 unspecified atom stereocenters. The molecule has 1 saturated carbocycles. The molecule has 0 heterocycles. The summed E-state index contributed by atoms with van der Waals surface area (Å²) in [6, 6.07) is 0. The monoisotopic (exact) mass is 122 g/mol. The zero-order valence-corrected chi connectivity index (χ0v) is 6.11. The predicted molar refractivity (Wildman–Crippen MR) is 40.0 cm³/mol. The van der Waals surface area contributed by atoms with Crippen LogP contribution in [-0.4, -0.2) is 0 Å². The van der Waals surface area contributed by atoms with E-state index in [-0.39, 0.29) is 0 Å². The van der Waals surface area contributed by atoms with E-state index in [1.165, 1.54) is 25.7 Å². The van der Waals surface area contributed by atoms with Crippen LogP contribution >= 0.6 is 0 Å². The number of rotatable bonds is 2. The van der Waals surface area contributed by atoms with Crippen molar-refractivity contribution >= 4 is 0 Å². The third-order valence-electron chi connectivity index (χ3n) is 2.64. The van der Waals surface area contributed by atoms with E-state index >= 15 is 0 Å². The molecule has 0 spiro atoms. The van der Waals surface area contributed by atoms with E-state index in [1.54, 1.807) is 0 Å². The molecule has 50 valence electrons. The fourth-order valence-electron chi connectivity index (χ4n) is 1.55. The third kappa shape index (κ3) is 1.10. The van der Waals surface area contributed by atoms with Gasteiger partial charge in [-0.3, -0.25) is 0 Å². The Kier molecular flexibility index (Phi) is 1.81. The molecule has 9 heavy (non-hydrogen) atoms. The normalized spacial score (nSPS) is 22.2. The topological polar surface area (TPSA) is 0 Å². The first-order valence-electron chi connectivity index (χ1n) is 3.76. The summed E-state index contributed by atoms with van der Waals surface area (Å²) in [5.41, 5.74) is 0.578. The van der Waals surface area contributed by atoms with Crippen molar-refractivity contribution < 1.29 is 0 Å². The van der Waals surface area contributed by atoms with Crippen LogP contribution in [0.3, 0.4) is 0 Å². The summed E-state index contributed by atoms with van der Waals surface area (Å²) in [5, 5.41) is 0. The molecule has 1 fully saturated rings. The van der Waals surface area contributed by atoms with Crippen LogP contribution in [-0.2, 0) is 0 Å². The lowest BCUT2D eigenvalue weighted by molar-refractivity contribution is 0.134. The van der Waals surface area contributed by atoms with Gasteiger partial charge in [0.25, 0.3) is 0 Å². The summed E-state index contributed by atoms with van der Waals surface area (Å²) in [5.74, 6) is 2.76. The van der Waals surface area contributed by atoms with E-state index in [1.807, 2.05) is 0 Å². The molecule has 0 atom stereocenters. The second-order valence-electron chi connectivity index (χ2n) is 3.09. The molecule has 1 rings (SSSR count). The highest BCUT2D eigenvalue weighted by Gasteiger charge is 2.33. The average molecular weight is 122 g/mol. The average Bonchev–Trinajstić information content (AvgIpc) is 1.79. The van der Waals surface area contributed by atoms with Crippen molar-refractivity contribution in [1.29, 1.82) is 0 Å². The van der Waals surface area contributed by atoms with Crippen LogP contribution in [0.25, 0.3) is 0 Å². The lowest BCUT2D eigenvalue weighted by Crippen LogP contribution is -2.27. The maximum absolute atomic E-state index is 5.25. The summed E-state index contributed by atoms with van der Waals surface area (Å²) in [6.07, 6.45) is 11.7. The quantitative estimate of drug-likeness (QED) is 0.494. The molecule has 0 amide bonds. The van der Waals surface area contributed by atoms with Gasteiger partial charge in [0.05, 0.1) is 0 Å². The van der Waals surface area contributed by atoms with Crippen LogP contribution in [0, 0.1) is 17.8 Å². The van der Waals surface area contributed by atoms with Crippen LogP contribution in [0.5, 0.6) is 0 Å². The summed E-state index contributed by atoms with van der Waals surface area (Å²) in [4.78, 5) is 0. The summed E-state index contributed by atoms with van der Waals surface area (Å²) >= 11 is 0. The van der Waals surface area contributed by atoms with Gasteiger partial charge in [0.1, 0.15) is 0 Å². The molecule has 1 aliphatic carbocycles. The molecule has 0 aromatic rings. The number of terminal acetylenes is 1. The van der Waals surface area contributed by atoms with Gasteiger partial charge in [-0.05, 0) is 24.7 Å². The molecule has 0 bridgehead atoms. The highest BCUT2D eigenvalue weighted by atomic mass is 14.4. The third-order valence-corrected chi connectivity index (χ3v) is 2.64. The van der Waals surface area contributed by atoms with Crippen molar-refractivity contribution in [2.24, 2.45) is 5.41 Å². The second kappa shape index (κ2) is 2.43. The molecule has 0 aromatic heterocycles. The van der Waals surface area contributed by atoms with E-state index in [0.29, 0.717) is 5.41 Å². The molecule has 0 aliphatic heterocycles. The maximum Gasteiger partial charge on any atom is 0.0143 e. The van der Waals surface area contributed by atoms with Crippen molar-refractivity contribution in [3.63, 3.8) is 0 Å². The molecule has 0 saturated heterocycles. The smallest absolute Gasteiger partial charge is 0.0143 e. The largest absolute Gasteiger partial charge is 0.120 e. The van der Waals surface area contributed by atoms with E-state index in [2.05, 4.69) is 12.8 Å². The molecule has 0 nitrogen and oxygen atoms in total. The van der Waals surface area contributed by atoms with Crippen molar-refractivity contribution in [2.45, 2.75) is 39.0 Å². The standard InChI is InChI=1S/C9H14/c1-3-6-9(4-2)7-5-8-9/h1H,4-8H2,2H3. The Morgan fingerprint density at radius 3 is 2.33 bits per heavy atom. The fourth-order valence-corrected chi connectivity index (χ4v) is 1.55. The second-order valence-corrected chi connectivity index (χ2v) is 3.09. The zero-order valence-electron chi connectivity index (χ0n) is 6.11. The van der Waals surface area contributed by atoms with E-state index in [9.17, 15) is 0 Å². The van der Waals surface area contributed by atoms with Gasteiger partial charge >= 0.3 is 0 Å². The minimum Gasteiger partial charge on any atom is -0.120 e. The minimum atomic E-state index is 0.578. The maximum atomic E-state index is 5.25. The predicted octanol–water partition coefficient (Wildman–Crippen LogP) is 2.59. The van der Waals surface area contributed by atoms with E-state index in [0.717, 1.165) is 6.42 Å². The van der Waals surface area contributed by atoms with E-state index < -0.39 is 0 Å². The lowest BCUT2D eigenvalue weighted by atomic mass is 9.65. The van der Waals surface area contributed by atoms with Gasteiger partial charge in [-0.1, -0.05) is 13.3 Å². The first-order valence-corrected chi connectivity index (χ1v) is 3.76. The summed E-state index contributed by atoms with van der Waals surface area (Å²) < 4.78 is 0. The number of hydrogen-bond donors (Lipinski definition) is 0. The van der Waals surface area contributed by atoms with E-state index in [4.69, 9.17) is 6.42 Å². The number of hydrogen-bond acceptors (Lipinski definition) is 0. The van der Waals surface area contributed by atoms with Crippen molar-refractivity contribution in [2.75, 3.05) is 0 Å². The van der Waals surface area contributed by atoms with Crippen LogP contribution in [0.4, 0.5) is 0 Å². The van der Waals surface area contributed by atoms with Crippen molar-refractivity contribution in [1.82, 2.24) is 0 Å². The molecule has 0 N–H and O–H groups in total. The molecule has 1 aliphatic rings.